The van der Waals surface area contributed by atoms with Crippen molar-refractivity contribution in [3.8, 4) is 0 Å². The van der Waals surface area contributed by atoms with Crippen molar-refractivity contribution in [2.45, 2.75) is 38.8 Å². The standard InChI is InChI=1S/C16H21NO2/c1-16(11-18)8-4-7-15(16)17-9-12-10-19-14-6-3-2-5-13(12)14/h2-3,5-6,10,15,17-18H,4,7-9,11H2,1H3. The van der Waals surface area contributed by atoms with Crippen molar-refractivity contribution in [3.05, 3.63) is 36.1 Å². The zero-order valence-electron chi connectivity index (χ0n) is 11.4. The molecule has 0 amide bonds. The molecule has 2 atom stereocenters. The zero-order chi connectivity index (χ0) is 13.3. The number of fused-ring (bicyclic) bond motifs is 1. The zero-order valence-corrected chi connectivity index (χ0v) is 11.4. The topological polar surface area (TPSA) is 45.4 Å². The van der Waals surface area contributed by atoms with Crippen molar-refractivity contribution in [1.82, 2.24) is 5.32 Å². The lowest BCUT2D eigenvalue weighted by molar-refractivity contribution is 0.118. The summed E-state index contributed by atoms with van der Waals surface area (Å²) in [4.78, 5) is 0. The molecule has 2 unspecified atom stereocenters. The fourth-order valence-corrected chi connectivity index (χ4v) is 3.17. The minimum absolute atomic E-state index is 0.0273. The molecule has 19 heavy (non-hydrogen) atoms. The molecule has 3 nitrogen and oxygen atoms in total. The van der Waals surface area contributed by atoms with Gasteiger partial charge < -0.3 is 14.8 Å². The van der Waals surface area contributed by atoms with E-state index in [4.69, 9.17) is 4.42 Å². The average Bonchev–Trinajstić information content (AvgIpc) is 3.01. The Hall–Kier alpha value is -1.32. The number of furan rings is 1. The van der Waals surface area contributed by atoms with Crippen molar-refractivity contribution in [3.63, 3.8) is 0 Å². The number of benzene rings is 1. The van der Waals surface area contributed by atoms with E-state index in [-0.39, 0.29) is 12.0 Å². The molecular formula is C16H21NO2. The summed E-state index contributed by atoms with van der Waals surface area (Å²) in [6.07, 6.45) is 5.28. The maximum Gasteiger partial charge on any atom is 0.134 e. The van der Waals surface area contributed by atoms with Crippen LogP contribution in [0.25, 0.3) is 11.0 Å². The number of aliphatic hydroxyl groups is 1. The van der Waals surface area contributed by atoms with Crippen LogP contribution in [0.3, 0.4) is 0 Å². The Labute approximate surface area is 113 Å². The number of para-hydroxylation sites is 1. The third kappa shape index (κ3) is 2.28. The van der Waals surface area contributed by atoms with Gasteiger partial charge >= 0.3 is 0 Å². The van der Waals surface area contributed by atoms with Gasteiger partial charge in [0.1, 0.15) is 5.58 Å². The molecule has 2 aromatic rings. The van der Waals surface area contributed by atoms with Gasteiger partial charge in [0.25, 0.3) is 0 Å². The summed E-state index contributed by atoms with van der Waals surface area (Å²) in [6, 6.07) is 8.51. The summed E-state index contributed by atoms with van der Waals surface area (Å²) < 4.78 is 5.55. The van der Waals surface area contributed by atoms with Crippen molar-refractivity contribution in [1.29, 1.82) is 0 Å². The first-order valence-corrected chi connectivity index (χ1v) is 7.02. The fraction of sp³-hybridized carbons (Fsp3) is 0.500. The number of rotatable bonds is 4. The summed E-state index contributed by atoms with van der Waals surface area (Å²) in [5.41, 5.74) is 2.16. The monoisotopic (exact) mass is 259 g/mol. The van der Waals surface area contributed by atoms with Gasteiger partial charge in [-0.05, 0) is 18.9 Å². The summed E-state index contributed by atoms with van der Waals surface area (Å²) in [5.74, 6) is 0. The van der Waals surface area contributed by atoms with Crippen LogP contribution in [0.2, 0.25) is 0 Å². The third-order valence-corrected chi connectivity index (χ3v) is 4.54. The first kappa shape index (κ1) is 12.7. The molecule has 2 N–H and O–H groups in total. The Kier molecular flexibility index (Phi) is 3.33. The molecule has 0 aliphatic heterocycles. The van der Waals surface area contributed by atoms with Gasteiger partial charge in [-0.15, -0.1) is 0 Å². The lowest BCUT2D eigenvalue weighted by atomic mass is 9.86. The number of nitrogens with one attached hydrogen (secondary N) is 1. The van der Waals surface area contributed by atoms with Crippen molar-refractivity contribution < 1.29 is 9.52 Å². The first-order valence-electron chi connectivity index (χ1n) is 7.02. The molecule has 0 spiro atoms. The van der Waals surface area contributed by atoms with Crippen LogP contribution in [0.1, 0.15) is 31.7 Å². The van der Waals surface area contributed by atoms with E-state index >= 15 is 0 Å². The molecule has 1 aliphatic rings. The molecule has 102 valence electrons. The van der Waals surface area contributed by atoms with Crippen LogP contribution in [0.4, 0.5) is 0 Å². The Morgan fingerprint density at radius 2 is 2.26 bits per heavy atom. The lowest BCUT2D eigenvalue weighted by Crippen LogP contribution is -2.41. The maximum absolute atomic E-state index is 9.57. The second kappa shape index (κ2) is 4.99. The predicted molar refractivity (Wildman–Crippen MR) is 75.9 cm³/mol. The van der Waals surface area contributed by atoms with Crippen LogP contribution in [-0.4, -0.2) is 17.8 Å². The second-order valence-electron chi connectivity index (χ2n) is 5.89. The summed E-state index contributed by atoms with van der Waals surface area (Å²) >= 11 is 0. The van der Waals surface area contributed by atoms with E-state index < -0.39 is 0 Å². The Balaban J connectivity index is 1.73. The second-order valence-corrected chi connectivity index (χ2v) is 5.89. The van der Waals surface area contributed by atoms with Gasteiger partial charge in [0.2, 0.25) is 0 Å². The molecule has 3 heteroatoms. The van der Waals surface area contributed by atoms with Crippen LogP contribution in [0.15, 0.2) is 34.9 Å². The van der Waals surface area contributed by atoms with Gasteiger partial charge in [0, 0.05) is 35.6 Å². The molecule has 1 aliphatic carbocycles. The third-order valence-electron chi connectivity index (χ3n) is 4.54. The lowest BCUT2D eigenvalue weighted by Gasteiger charge is -2.30. The normalized spacial score (nSPS) is 27.2. The molecule has 1 aromatic heterocycles. The Morgan fingerprint density at radius 1 is 1.42 bits per heavy atom. The number of hydrogen-bond donors (Lipinski definition) is 2. The molecule has 1 heterocycles. The van der Waals surface area contributed by atoms with Crippen LogP contribution >= 0.6 is 0 Å². The van der Waals surface area contributed by atoms with E-state index in [1.54, 1.807) is 0 Å². The summed E-state index contributed by atoms with van der Waals surface area (Å²) in [5, 5.41) is 14.3. The fourth-order valence-electron chi connectivity index (χ4n) is 3.17. The summed E-state index contributed by atoms with van der Waals surface area (Å²) in [7, 11) is 0. The van der Waals surface area contributed by atoms with E-state index in [0.717, 1.165) is 25.0 Å². The van der Waals surface area contributed by atoms with E-state index in [9.17, 15) is 5.11 Å². The van der Waals surface area contributed by atoms with Gasteiger partial charge in [0.05, 0.1) is 6.26 Å². The highest BCUT2D eigenvalue weighted by molar-refractivity contribution is 5.80. The molecule has 0 bridgehead atoms. The average molecular weight is 259 g/mol. The van der Waals surface area contributed by atoms with E-state index in [1.807, 2.05) is 24.5 Å². The number of aliphatic hydroxyl groups excluding tert-OH is 1. The summed E-state index contributed by atoms with van der Waals surface area (Å²) in [6.45, 7) is 3.24. The van der Waals surface area contributed by atoms with Crippen LogP contribution in [0.5, 0.6) is 0 Å². The van der Waals surface area contributed by atoms with Crippen LogP contribution < -0.4 is 5.32 Å². The van der Waals surface area contributed by atoms with E-state index in [1.165, 1.54) is 17.4 Å². The predicted octanol–water partition coefficient (Wildman–Crippen LogP) is 3.07. The number of hydrogen-bond acceptors (Lipinski definition) is 3. The molecule has 1 aromatic carbocycles. The highest BCUT2D eigenvalue weighted by Crippen LogP contribution is 2.37. The minimum Gasteiger partial charge on any atom is -0.464 e. The maximum atomic E-state index is 9.57. The first-order chi connectivity index (χ1) is 9.23. The minimum atomic E-state index is 0.0273. The molecule has 0 radical (unpaired) electrons. The quantitative estimate of drug-likeness (QED) is 0.887. The molecule has 0 saturated heterocycles. The molecule has 1 saturated carbocycles. The molecule has 1 fully saturated rings. The SMILES string of the molecule is CC1(CO)CCCC1NCc1coc2ccccc12. The van der Waals surface area contributed by atoms with Gasteiger partial charge in [-0.1, -0.05) is 31.5 Å². The van der Waals surface area contributed by atoms with Gasteiger partial charge in [-0.25, -0.2) is 0 Å². The van der Waals surface area contributed by atoms with E-state index in [2.05, 4.69) is 18.3 Å². The Morgan fingerprint density at radius 3 is 3.11 bits per heavy atom. The van der Waals surface area contributed by atoms with Crippen LogP contribution in [-0.2, 0) is 6.54 Å². The largest absolute Gasteiger partial charge is 0.464 e. The van der Waals surface area contributed by atoms with Gasteiger partial charge in [-0.3, -0.25) is 0 Å². The van der Waals surface area contributed by atoms with Gasteiger partial charge in [0.15, 0.2) is 0 Å². The highest BCUT2D eigenvalue weighted by Gasteiger charge is 2.37. The van der Waals surface area contributed by atoms with Crippen molar-refractivity contribution in [2.24, 2.45) is 5.41 Å². The molecular weight excluding hydrogens is 238 g/mol. The highest BCUT2D eigenvalue weighted by atomic mass is 16.3. The van der Waals surface area contributed by atoms with Crippen molar-refractivity contribution >= 4 is 11.0 Å². The Bertz CT molecular complexity index is 563. The van der Waals surface area contributed by atoms with Gasteiger partial charge in [-0.2, -0.15) is 0 Å². The van der Waals surface area contributed by atoms with Crippen LogP contribution in [0, 0.1) is 5.41 Å². The van der Waals surface area contributed by atoms with Crippen molar-refractivity contribution in [2.75, 3.05) is 6.61 Å². The smallest absolute Gasteiger partial charge is 0.134 e. The molecule has 3 rings (SSSR count). The van der Waals surface area contributed by atoms with E-state index in [0.29, 0.717) is 6.04 Å².